The topological polar surface area (TPSA) is 117 Å². The second-order valence-corrected chi connectivity index (χ2v) is 5.03. The van der Waals surface area contributed by atoms with E-state index in [-0.39, 0.29) is 35.3 Å². The highest BCUT2D eigenvalue weighted by Gasteiger charge is 2.25. The van der Waals surface area contributed by atoms with Crippen molar-refractivity contribution in [2.45, 2.75) is 32.2 Å². The molecule has 0 saturated carbocycles. The third kappa shape index (κ3) is 4.82. The van der Waals surface area contributed by atoms with Gasteiger partial charge in [0, 0.05) is 18.7 Å². The van der Waals surface area contributed by atoms with Gasteiger partial charge in [-0.1, -0.05) is 19.8 Å². The Kier molecular flexibility index (Phi) is 7.27. The van der Waals surface area contributed by atoms with E-state index in [4.69, 9.17) is 15.2 Å². The van der Waals surface area contributed by atoms with Gasteiger partial charge in [-0.25, -0.2) is 0 Å². The number of amides is 1. The minimum atomic E-state index is -0.625. The summed E-state index contributed by atoms with van der Waals surface area (Å²) in [6.45, 7) is 2.31. The first-order chi connectivity index (χ1) is 11.0. The number of unbranched alkanes of at least 4 members (excludes halogenated alkanes) is 1. The summed E-state index contributed by atoms with van der Waals surface area (Å²) < 4.78 is 10.1. The third-order valence-corrected chi connectivity index (χ3v) is 3.47. The molecule has 3 N–H and O–H groups in total. The van der Waals surface area contributed by atoms with Crippen LogP contribution in [-0.4, -0.2) is 37.6 Å². The van der Waals surface area contributed by atoms with E-state index < -0.39 is 10.8 Å². The minimum Gasteiger partial charge on any atom is -0.493 e. The predicted molar refractivity (Wildman–Crippen MR) is 86.0 cm³/mol. The van der Waals surface area contributed by atoms with Gasteiger partial charge in [-0.15, -0.1) is 0 Å². The Morgan fingerprint density at radius 1 is 1.35 bits per heavy atom. The lowest BCUT2D eigenvalue weighted by Gasteiger charge is -2.17. The normalized spacial score (nSPS) is 11.7. The van der Waals surface area contributed by atoms with Crippen molar-refractivity contribution < 1.29 is 19.2 Å². The van der Waals surface area contributed by atoms with Crippen molar-refractivity contribution in [3.8, 4) is 11.5 Å². The number of nitrogens with zero attached hydrogens (tertiary/aromatic N) is 1. The number of nitro benzene ring substituents is 1. The fraction of sp³-hybridized carbons (Fsp3) is 0.533. The first-order valence-corrected chi connectivity index (χ1v) is 7.39. The van der Waals surface area contributed by atoms with Crippen LogP contribution in [-0.2, 0) is 0 Å². The Balaban J connectivity index is 3.13. The lowest BCUT2D eigenvalue weighted by molar-refractivity contribution is -0.385. The van der Waals surface area contributed by atoms with Crippen LogP contribution in [0.5, 0.6) is 11.5 Å². The van der Waals surface area contributed by atoms with Gasteiger partial charge in [-0.2, -0.15) is 0 Å². The maximum atomic E-state index is 12.4. The van der Waals surface area contributed by atoms with E-state index in [0.29, 0.717) is 0 Å². The molecule has 1 atom stereocenters. The average Bonchev–Trinajstić information content (AvgIpc) is 2.56. The first-order valence-electron chi connectivity index (χ1n) is 7.39. The van der Waals surface area contributed by atoms with Gasteiger partial charge in [-0.3, -0.25) is 14.9 Å². The molecule has 0 aliphatic heterocycles. The number of ether oxygens (including phenoxy) is 2. The van der Waals surface area contributed by atoms with Crippen molar-refractivity contribution in [2.75, 3.05) is 20.8 Å². The van der Waals surface area contributed by atoms with E-state index in [1.54, 1.807) is 0 Å². The summed E-state index contributed by atoms with van der Waals surface area (Å²) in [6, 6.07) is 2.26. The lowest BCUT2D eigenvalue weighted by atomic mass is 10.1. The van der Waals surface area contributed by atoms with Gasteiger partial charge in [-0.05, 0) is 6.42 Å². The van der Waals surface area contributed by atoms with Gasteiger partial charge in [0.2, 0.25) is 0 Å². The molecule has 0 saturated heterocycles. The average molecular weight is 325 g/mol. The maximum absolute atomic E-state index is 12.4. The highest BCUT2D eigenvalue weighted by molar-refractivity contribution is 5.99. The third-order valence-electron chi connectivity index (χ3n) is 3.47. The van der Waals surface area contributed by atoms with Crippen molar-refractivity contribution in [1.82, 2.24) is 5.32 Å². The van der Waals surface area contributed by atoms with Crippen molar-refractivity contribution in [2.24, 2.45) is 5.73 Å². The van der Waals surface area contributed by atoms with Crippen LogP contribution >= 0.6 is 0 Å². The fourth-order valence-corrected chi connectivity index (χ4v) is 2.16. The number of nitro groups is 1. The summed E-state index contributed by atoms with van der Waals surface area (Å²) in [6.07, 6.45) is 2.61. The molecular weight excluding hydrogens is 302 g/mol. The fourth-order valence-electron chi connectivity index (χ4n) is 2.16. The standard InChI is InChI=1S/C15H23N3O5/c1-4-5-6-10(9-16)17-15(19)11-7-13(22-2)14(23-3)8-12(11)18(20)21/h7-8,10H,4-6,9,16H2,1-3H3,(H,17,19). The highest BCUT2D eigenvalue weighted by Crippen LogP contribution is 2.34. The zero-order valence-corrected chi connectivity index (χ0v) is 13.6. The second kappa shape index (κ2) is 8.94. The van der Waals surface area contributed by atoms with E-state index in [1.807, 2.05) is 6.92 Å². The Morgan fingerprint density at radius 2 is 1.96 bits per heavy atom. The molecule has 0 heterocycles. The summed E-state index contributed by atoms with van der Waals surface area (Å²) >= 11 is 0. The molecule has 1 rings (SSSR count). The van der Waals surface area contributed by atoms with E-state index in [9.17, 15) is 14.9 Å². The van der Waals surface area contributed by atoms with Crippen molar-refractivity contribution >= 4 is 11.6 Å². The predicted octanol–water partition coefficient (Wildman–Crippen LogP) is 1.86. The van der Waals surface area contributed by atoms with Crippen LogP contribution in [0, 0.1) is 10.1 Å². The Morgan fingerprint density at radius 3 is 2.43 bits per heavy atom. The molecule has 0 fully saturated rings. The van der Waals surface area contributed by atoms with Gasteiger partial charge >= 0.3 is 0 Å². The van der Waals surface area contributed by atoms with Crippen molar-refractivity contribution in [3.63, 3.8) is 0 Å². The van der Waals surface area contributed by atoms with E-state index in [1.165, 1.54) is 26.4 Å². The van der Waals surface area contributed by atoms with Crippen molar-refractivity contribution in [3.05, 3.63) is 27.8 Å². The summed E-state index contributed by atoms with van der Waals surface area (Å²) in [5.74, 6) is -0.109. The molecule has 0 aliphatic rings. The first kappa shape index (κ1) is 18.7. The molecule has 8 nitrogen and oxygen atoms in total. The van der Waals surface area contributed by atoms with Crippen LogP contribution in [0.3, 0.4) is 0 Å². The molecule has 0 aromatic heterocycles. The number of nitrogens with one attached hydrogen (secondary N) is 1. The lowest BCUT2D eigenvalue weighted by Crippen LogP contribution is -2.40. The molecule has 0 spiro atoms. The number of carbonyl (C=O) groups is 1. The SMILES string of the molecule is CCCCC(CN)NC(=O)c1cc(OC)c(OC)cc1[N+](=O)[O-]. The molecule has 1 aromatic carbocycles. The van der Waals surface area contributed by atoms with Gasteiger partial charge in [0.05, 0.1) is 25.2 Å². The smallest absolute Gasteiger partial charge is 0.286 e. The highest BCUT2D eigenvalue weighted by atomic mass is 16.6. The molecule has 0 radical (unpaired) electrons. The number of rotatable bonds is 9. The second-order valence-electron chi connectivity index (χ2n) is 5.03. The quantitative estimate of drug-likeness (QED) is 0.528. The van der Waals surface area contributed by atoms with Crippen LogP contribution in [0.25, 0.3) is 0 Å². The Hall–Kier alpha value is -2.35. The molecule has 0 aliphatic carbocycles. The number of hydrogen-bond donors (Lipinski definition) is 2. The van der Waals surface area contributed by atoms with Crippen molar-refractivity contribution in [1.29, 1.82) is 0 Å². The van der Waals surface area contributed by atoms with Crippen LogP contribution in [0.2, 0.25) is 0 Å². The molecule has 1 amide bonds. The molecule has 128 valence electrons. The molecular formula is C15H23N3O5. The Labute approximate surface area is 135 Å². The zero-order chi connectivity index (χ0) is 17.4. The monoisotopic (exact) mass is 325 g/mol. The summed E-state index contributed by atoms with van der Waals surface area (Å²) in [5, 5.41) is 14.0. The van der Waals surface area contributed by atoms with Crippen LogP contribution in [0.4, 0.5) is 5.69 Å². The molecule has 1 unspecified atom stereocenters. The number of nitrogens with two attached hydrogens (primary N) is 1. The van der Waals surface area contributed by atoms with Gasteiger partial charge < -0.3 is 20.5 Å². The van der Waals surface area contributed by atoms with Gasteiger partial charge in [0.1, 0.15) is 5.56 Å². The van der Waals surface area contributed by atoms with Gasteiger partial charge in [0.15, 0.2) is 11.5 Å². The summed E-state index contributed by atoms with van der Waals surface area (Å²) in [5.41, 5.74) is 5.22. The number of carbonyl (C=O) groups excluding carboxylic acids is 1. The zero-order valence-electron chi connectivity index (χ0n) is 13.6. The van der Waals surface area contributed by atoms with Crippen LogP contribution < -0.4 is 20.5 Å². The number of hydrogen-bond acceptors (Lipinski definition) is 6. The minimum absolute atomic E-state index is 0.0809. The largest absolute Gasteiger partial charge is 0.493 e. The van der Waals surface area contributed by atoms with E-state index in [2.05, 4.69) is 5.32 Å². The molecule has 8 heteroatoms. The van der Waals surface area contributed by atoms with Gasteiger partial charge in [0.25, 0.3) is 11.6 Å². The number of methoxy groups -OCH3 is 2. The molecule has 1 aromatic rings. The molecule has 0 bridgehead atoms. The van der Waals surface area contributed by atoms with Crippen LogP contribution in [0.1, 0.15) is 36.5 Å². The Bertz CT molecular complexity index is 562. The number of benzene rings is 1. The van der Waals surface area contributed by atoms with Crippen LogP contribution in [0.15, 0.2) is 12.1 Å². The van der Waals surface area contributed by atoms with E-state index in [0.717, 1.165) is 19.3 Å². The summed E-state index contributed by atoms with van der Waals surface area (Å²) in [4.78, 5) is 23.0. The molecule has 23 heavy (non-hydrogen) atoms. The maximum Gasteiger partial charge on any atom is 0.286 e. The summed E-state index contributed by atoms with van der Waals surface area (Å²) in [7, 11) is 2.77. The van der Waals surface area contributed by atoms with E-state index >= 15 is 0 Å².